The van der Waals surface area contributed by atoms with Gasteiger partial charge in [0.15, 0.2) is 11.3 Å². The Bertz CT molecular complexity index is 4470. The van der Waals surface area contributed by atoms with Gasteiger partial charge >= 0.3 is 0 Å². The summed E-state index contributed by atoms with van der Waals surface area (Å²) in [4.78, 5) is 21.1. The summed E-state index contributed by atoms with van der Waals surface area (Å²) in [7, 11) is -0.694. The maximum Gasteiger partial charge on any atom is 0.201 e. The predicted octanol–water partition coefficient (Wildman–Crippen LogP) is 8.76. The molecular formula is C65H64N6O10S2. The number of hydrogen-bond acceptors (Lipinski definition) is 14. The number of aliphatic hydroxyl groups is 1. The van der Waals surface area contributed by atoms with E-state index in [2.05, 4.69) is 46.3 Å². The Morgan fingerprint density at radius 2 is 1.06 bits per heavy atom. The summed E-state index contributed by atoms with van der Waals surface area (Å²) in [5, 5.41) is 28.9. The fourth-order valence-electron chi connectivity index (χ4n) is 12.9. The Hall–Kier alpha value is -8.10. The minimum absolute atomic E-state index is 0. The lowest BCUT2D eigenvalue weighted by molar-refractivity contribution is -0.890. The van der Waals surface area contributed by atoms with Crippen molar-refractivity contribution in [1.82, 2.24) is 0 Å². The molecule has 5 aliphatic rings. The fraction of sp³-hybridized carbons (Fsp3) is 0.262. The number of carbonyl (C=O) groups excluding carboxylic acids is 1. The van der Waals surface area contributed by atoms with Crippen molar-refractivity contribution in [2.24, 2.45) is 4.99 Å². The minimum atomic E-state index is -4.30. The number of benzene rings is 8. The third-order valence-electron chi connectivity index (χ3n) is 17.0. The van der Waals surface area contributed by atoms with E-state index in [1.54, 1.807) is 0 Å². The average molecular weight is 1150 g/mol. The molecule has 0 bridgehead atoms. The van der Waals surface area contributed by atoms with Gasteiger partial charge in [0.1, 0.15) is 43.6 Å². The number of carbonyl (C=O) groups is 1. The Labute approximate surface area is 482 Å². The SMILES string of the molecule is C.C[N+](C)(CCCS(=O)(=O)[O-])CCOc1ccc2c(c1)C1(N=c3c(=C4C(=O)C(c5ccc6cccc7c6c5NC5(N7)c6ccccc6-c6ccc(OCC[N+](C)(C)CCCS(=O)(=O)[O-])cc65)=C4O)ccc4cccc(c34)N1)c1ccccc1-2. The van der Waals surface area contributed by atoms with E-state index < -0.39 is 43.1 Å². The summed E-state index contributed by atoms with van der Waals surface area (Å²) in [5.74, 6) is -0.0333. The van der Waals surface area contributed by atoms with Crippen LogP contribution in [0.4, 0.5) is 17.1 Å². The van der Waals surface area contributed by atoms with Gasteiger partial charge in [0.25, 0.3) is 0 Å². The molecule has 0 saturated carbocycles. The summed E-state index contributed by atoms with van der Waals surface area (Å²) in [6.45, 7) is 2.79. The Morgan fingerprint density at radius 3 is 1.67 bits per heavy atom. The molecule has 18 heteroatoms. The zero-order valence-electron chi connectivity index (χ0n) is 45.7. The van der Waals surface area contributed by atoms with Crippen LogP contribution in [-0.2, 0) is 36.4 Å². The smallest absolute Gasteiger partial charge is 0.201 e. The summed E-state index contributed by atoms with van der Waals surface area (Å²) in [5.41, 5.74) is 8.60. The molecule has 0 amide bonds. The average Bonchev–Trinajstić information content (AvgIpc) is 3.94. The number of aliphatic hydroxyl groups excluding tert-OH is 1. The normalized spacial score (nSPS) is 18.7. The van der Waals surface area contributed by atoms with Crippen molar-refractivity contribution in [2.75, 3.05) is 95.0 Å². The number of nitrogens with one attached hydrogen (secondary N) is 3. The Kier molecular flexibility index (Phi) is 13.4. The van der Waals surface area contributed by atoms with Gasteiger partial charge in [-0.15, -0.1) is 0 Å². The number of quaternary nitrogens is 2. The molecule has 3 aliphatic carbocycles. The van der Waals surface area contributed by atoms with E-state index in [0.717, 1.165) is 77.4 Å². The van der Waals surface area contributed by atoms with Crippen molar-refractivity contribution in [3.05, 3.63) is 190 Å². The molecule has 0 saturated heterocycles. The van der Waals surface area contributed by atoms with Crippen LogP contribution in [0, 0.1) is 0 Å². The molecule has 426 valence electrons. The fourth-order valence-corrected chi connectivity index (χ4v) is 13.9. The molecular weight excluding hydrogens is 1090 g/mol. The second-order valence-electron chi connectivity index (χ2n) is 23.3. The number of anilines is 3. The largest absolute Gasteiger partial charge is 0.748 e. The highest BCUT2D eigenvalue weighted by Gasteiger charge is 2.49. The maximum atomic E-state index is 15.4. The second-order valence-corrected chi connectivity index (χ2v) is 26.4. The Balaban J connectivity index is 0.00000680. The lowest BCUT2D eigenvalue weighted by Crippen LogP contribution is -2.45. The summed E-state index contributed by atoms with van der Waals surface area (Å²) in [6.07, 6.45) is 0.506. The van der Waals surface area contributed by atoms with Crippen molar-refractivity contribution in [1.29, 1.82) is 0 Å². The third kappa shape index (κ3) is 9.56. The second kappa shape index (κ2) is 20.1. The molecule has 83 heavy (non-hydrogen) atoms. The van der Waals surface area contributed by atoms with Gasteiger partial charge in [-0.1, -0.05) is 117 Å². The van der Waals surface area contributed by atoms with Crippen LogP contribution < -0.4 is 36.0 Å². The van der Waals surface area contributed by atoms with Gasteiger partial charge in [-0.2, -0.15) is 0 Å². The van der Waals surface area contributed by atoms with Gasteiger partial charge in [0.2, 0.25) is 5.78 Å². The van der Waals surface area contributed by atoms with E-state index in [-0.39, 0.29) is 43.0 Å². The molecule has 0 aromatic heterocycles. The number of likely N-dealkylation sites (N-methyl/N-ethyl adjacent to an activating group) is 2. The number of nitrogens with zero attached hydrogens (tertiary/aromatic N) is 3. The molecule has 2 spiro atoms. The molecule has 0 radical (unpaired) electrons. The van der Waals surface area contributed by atoms with Crippen molar-refractivity contribution in [3.8, 4) is 33.8 Å². The highest BCUT2D eigenvalue weighted by molar-refractivity contribution is 7.85. The number of fused-ring (bicyclic) bond motifs is 10. The standard InChI is InChI=1S/C64H60N6O10S2.CH4/c1-69(2,29-11-35-81(73,74)75)31-33-79-41-23-27-45-43-15-5-7-17-49(43)63(51(45)37-41)65-53-19-9-13-39-21-25-47(59(67-63)55(39)53)57-61(71)58(62(57)72)48-26-22-40-14-10-20-54-56(40)60(48)68-64(66-54)50-18-8-6-16-44(50)46-28-24-42(38-52(46)64)80-34-32-70(3,4)30-12-36-82(76,77)78;/h5-10,13-28,37-38H,11-12,29-36H2,1-4H3,(H4-2,65,66,67,68,71,72,73,74,75,76,77,78);1H4. The first-order chi connectivity index (χ1) is 39.1. The molecule has 2 aliphatic heterocycles. The summed E-state index contributed by atoms with van der Waals surface area (Å²) < 4.78 is 81.6. The lowest BCUT2D eigenvalue weighted by Gasteiger charge is -2.41. The van der Waals surface area contributed by atoms with E-state index in [4.69, 9.17) is 14.5 Å². The van der Waals surface area contributed by atoms with Crippen LogP contribution in [0.3, 0.4) is 0 Å². The van der Waals surface area contributed by atoms with Crippen LogP contribution in [0.5, 0.6) is 11.5 Å². The van der Waals surface area contributed by atoms with Crippen LogP contribution in [0.2, 0.25) is 0 Å². The van der Waals surface area contributed by atoms with Gasteiger partial charge < -0.3 is 48.6 Å². The van der Waals surface area contributed by atoms with Crippen LogP contribution in [0.15, 0.2) is 156 Å². The monoisotopic (exact) mass is 1150 g/mol. The van der Waals surface area contributed by atoms with Crippen molar-refractivity contribution in [3.63, 3.8) is 0 Å². The van der Waals surface area contributed by atoms with E-state index in [0.29, 0.717) is 81.7 Å². The van der Waals surface area contributed by atoms with Gasteiger partial charge in [-0.25, -0.2) is 21.8 Å². The molecule has 2 heterocycles. The van der Waals surface area contributed by atoms with Gasteiger partial charge in [0.05, 0.1) is 83.7 Å². The number of rotatable bonds is 17. The first-order valence-electron chi connectivity index (χ1n) is 27.4. The van der Waals surface area contributed by atoms with E-state index in [1.165, 1.54) is 0 Å². The van der Waals surface area contributed by atoms with E-state index in [9.17, 15) is 31.0 Å². The topological polar surface area (TPSA) is 219 Å². The van der Waals surface area contributed by atoms with E-state index in [1.807, 2.05) is 143 Å². The minimum Gasteiger partial charge on any atom is -0.748 e. The number of ketones is 1. The number of hydrogen-bond donors (Lipinski definition) is 4. The van der Waals surface area contributed by atoms with Gasteiger partial charge in [0, 0.05) is 79.5 Å². The zero-order valence-corrected chi connectivity index (χ0v) is 47.3. The van der Waals surface area contributed by atoms with Crippen LogP contribution >= 0.6 is 0 Å². The third-order valence-corrected chi connectivity index (χ3v) is 18.6. The number of ether oxygens (including phenoxy) is 2. The highest BCUT2D eigenvalue weighted by Crippen LogP contribution is 2.56. The van der Waals surface area contributed by atoms with Gasteiger partial charge in [-0.05, 0) is 69.4 Å². The van der Waals surface area contributed by atoms with Crippen molar-refractivity contribution < 1.29 is 54.3 Å². The molecule has 8 aromatic rings. The number of allylic oxidation sites excluding steroid dienone is 2. The molecule has 0 fully saturated rings. The molecule has 16 nitrogen and oxygen atoms in total. The molecule has 4 N–H and O–H groups in total. The molecule has 8 aromatic carbocycles. The highest BCUT2D eigenvalue weighted by atomic mass is 32.2. The van der Waals surface area contributed by atoms with Crippen molar-refractivity contribution >= 4 is 75.8 Å². The first kappa shape index (κ1) is 55.4. The quantitative estimate of drug-likeness (QED) is 0.0496. The molecule has 2 atom stereocenters. The van der Waals surface area contributed by atoms with Crippen molar-refractivity contribution in [2.45, 2.75) is 31.6 Å². The summed E-state index contributed by atoms with van der Waals surface area (Å²) in [6, 6.07) is 48.1. The van der Waals surface area contributed by atoms with E-state index >= 15 is 4.79 Å². The zero-order chi connectivity index (χ0) is 57.1. The molecule has 13 rings (SSSR count). The first-order valence-corrected chi connectivity index (χ1v) is 30.6. The lowest BCUT2D eigenvalue weighted by atomic mass is 9.79. The van der Waals surface area contributed by atoms with Crippen LogP contribution in [0.25, 0.3) is 54.9 Å². The summed E-state index contributed by atoms with van der Waals surface area (Å²) >= 11 is 0. The van der Waals surface area contributed by atoms with Crippen LogP contribution in [0.1, 0.15) is 48.1 Å². The molecule has 2 unspecified atom stereocenters. The predicted molar refractivity (Wildman–Crippen MR) is 323 cm³/mol. The van der Waals surface area contributed by atoms with Crippen LogP contribution in [-0.4, -0.2) is 125 Å². The number of Topliss-reactive ketones (excluding diaryl/α,β-unsaturated/α-hetero) is 1. The van der Waals surface area contributed by atoms with Gasteiger partial charge in [-0.3, -0.25) is 4.79 Å². The Morgan fingerprint density at radius 1 is 0.542 bits per heavy atom. The maximum absolute atomic E-state index is 15.4.